The van der Waals surface area contributed by atoms with Gasteiger partial charge in [-0.25, -0.2) is 9.78 Å². The topological polar surface area (TPSA) is 54.0 Å². The maximum absolute atomic E-state index is 13.8. The molecule has 0 aliphatic heterocycles. The Bertz CT molecular complexity index is 709. The largest absolute Gasteiger partial charge is 0.294 e. The lowest BCUT2D eigenvalue weighted by atomic mass is 9.60. The molecule has 2 rings (SSSR count). The van der Waals surface area contributed by atoms with E-state index in [1.807, 2.05) is 41.5 Å². The fourth-order valence-electron chi connectivity index (χ4n) is 4.19. The molecule has 0 heterocycles. The van der Waals surface area contributed by atoms with Crippen molar-refractivity contribution in [1.82, 2.24) is 0 Å². The number of Topliss-reactive ketones (excluding diaryl/α,β-unsaturated/α-hetero) is 1. The molecule has 1 aliphatic carbocycles. The Morgan fingerprint density at radius 1 is 0.933 bits per heavy atom. The first-order valence-corrected chi connectivity index (χ1v) is 11.0. The van der Waals surface area contributed by atoms with Crippen LogP contribution in [-0.4, -0.2) is 22.8 Å². The Morgan fingerprint density at radius 2 is 1.40 bits per heavy atom. The second kappa shape index (κ2) is 8.87. The van der Waals surface area contributed by atoms with Gasteiger partial charge < -0.3 is 0 Å². The minimum atomic E-state index is -1.39. The van der Waals surface area contributed by atoms with Crippen molar-refractivity contribution in [2.75, 3.05) is 0 Å². The maximum Gasteiger partial charge on any atom is 0.244 e. The maximum atomic E-state index is 13.8. The molecule has 0 radical (unpaired) electrons. The van der Waals surface area contributed by atoms with Crippen LogP contribution in [0.15, 0.2) is 24.3 Å². The van der Waals surface area contributed by atoms with E-state index in [0.29, 0.717) is 17.0 Å². The summed E-state index contributed by atoms with van der Waals surface area (Å²) in [4.78, 5) is 37.3. The van der Waals surface area contributed by atoms with Gasteiger partial charge in [-0.3, -0.25) is 4.79 Å². The second-order valence-corrected chi connectivity index (χ2v) is 11.6. The van der Waals surface area contributed by atoms with E-state index in [2.05, 4.69) is 20.8 Å². The molecule has 5 nitrogen and oxygen atoms in total. The van der Waals surface area contributed by atoms with Crippen LogP contribution in [0, 0.1) is 17.3 Å². The molecule has 0 amide bonds. The molecule has 170 valence electrons. The Kier molecular flexibility index (Phi) is 7.48. The van der Waals surface area contributed by atoms with Gasteiger partial charge in [-0.2, -0.15) is 9.78 Å². The van der Waals surface area contributed by atoms with Crippen LogP contribution in [0.3, 0.4) is 0 Å². The fraction of sp³-hybridized carbons (Fsp3) is 0.708. The van der Waals surface area contributed by atoms with Crippen molar-refractivity contribution >= 4 is 17.4 Å². The van der Waals surface area contributed by atoms with Crippen molar-refractivity contribution in [3.8, 4) is 0 Å². The Morgan fingerprint density at radius 3 is 1.83 bits per heavy atom. The standard InChI is InChI=1S/C24H37ClO5/c1-16-14-23(8,9)20(19(26)17-10-12-18(25)13-11-17)24(15-16,29-27-21(2,3)4)30-28-22(5,6)7/h10-13,16,20H,14-15H2,1-9H3. The summed E-state index contributed by atoms with van der Waals surface area (Å²) in [7, 11) is 0. The molecule has 0 saturated heterocycles. The summed E-state index contributed by atoms with van der Waals surface area (Å²) >= 11 is 6.03. The van der Waals surface area contributed by atoms with Crippen molar-refractivity contribution in [1.29, 1.82) is 0 Å². The van der Waals surface area contributed by atoms with E-state index < -0.39 is 28.3 Å². The molecule has 1 saturated carbocycles. The second-order valence-electron chi connectivity index (χ2n) is 11.2. The Balaban J connectivity index is 2.54. The van der Waals surface area contributed by atoms with Gasteiger partial charge in [0.2, 0.25) is 5.79 Å². The molecule has 1 aromatic carbocycles. The SMILES string of the molecule is CC1CC(C)(C)C(C(=O)c2ccc(Cl)cc2)C(OOC(C)(C)C)(OOC(C)(C)C)C1. The van der Waals surface area contributed by atoms with Crippen molar-refractivity contribution in [2.24, 2.45) is 17.3 Å². The third kappa shape index (κ3) is 6.51. The molecular formula is C24H37ClO5. The first kappa shape index (κ1) is 25.3. The molecular weight excluding hydrogens is 404 g/mol. The van der Waals surface area contributed by atoms with Crippen LogP contribution < -0.4 is 0 Å². The zero-order valence-corrected chi connectivity index (χ0v) is 20.6. The van der Waals surface area contributed by atoms with Gasteiger partial charge in [0.15, 0.2) is 5.78 Å². The highest BCUT2D eigenvalue weighted by Crippen LogP contribution is 2.53. The summed E-state index contributed by atoms with van der Waals surface area (Å²) in [6.45, 7) is 17.6. The summed E-state index contributed by atoms with van der Waals surface area (Å²) in [5.74, 6) is -1.88. The summed E-state index contributed by atoms with van der Waals surface area (Å²) < 4.78 is 0. The average molecular weight is 441 g/mol. The lowest BCUT2D eigenvalue weighted by Gasteiger charge is -2.51. The van der Waals surface area contributed by atoms with E-state index >= 15 is 0 Å². The number of benzene rings is 1. The van der Waals surface area contributed by atoms with Gasteiger partial charge >= 0.3 is 0 Å². The third-order valence-corrected chi connectivity index (χ3v) is 5.24. The molecule has 0 bridgehead atoms. The molecule has 30 heavy (non-hydrogen) atoms. The number of hydrogen-bond donors (Lipinski definition) is 0. The number of halogens is 1. The van der Waals surface area contributed by atoms with Gasteiger partial charge in [0.1, 0.15) is 0 Å². The van der Waals surface area contributed by atoms with Gasteiger partial charge in [-0.05, 0) is 83.6 Å². The molecule has 0 spiro atoms. The van der Waals surface area contributed by atoms with Crippen LogP contribution in [0.4, 0.5) is 0 Å². The van der Waals surface area contributed by atoms with E-state index in [0.717, 1.165) is 6.42 Å². The zero-order chi connectivity index (χ0) is 23.0. The van der Waals surface area contributed by atoms with Crippen molar-refractivity contribution in [2.45, 2.75) is 92.1 Å². The van der Waals surface area contributed by atoms with Gasteiger partial charge in [-0.1, -0.05) is 32.4 Å². The smallest absolute Gasteiger partial charge is 0.244 e. The van der Waals surface area contributed by atoms with Crippen LogP contribution >= 0.6 is 11.6 Å². The average Bonchev–Trinajstić information content (AvgIpc) is 2.56. The van der Waals surface area contributed by atoms with Gasteiger partial charge in [0.05, 0.1) is 17.1 Å². The van der Waals surface area contributed by atoms with Crippen LogP contribution in [0.5, 0.6) is 0 Å². The van der Waals surface area contributed by atoms with Crippen molar-refractivity contribution < 1.29 is 24.3 Å². The number of carbonyl (C=O) groups is 1. The number of ketones is 1. The van der Waals surface area contributed by atoms with Crippen molar-refractivity contribution in [3.05, 3.63) is 34.9 Å². The van der Waals surface area contributed by atoms with E-state index in [-0.39, 0.29) is 11.7 Å². The summed E-state index contributed by atoms with van der Waals surface area (Å²) in [6.07, 6.45) is 1.31. The molecule has 1 aliphatic rings. The molecule has 2 unspecified atom stereocenters. The predicted octanol–water partition coefficient (Wildman–Crippen LogP) is 6.78. The van der Waals surface area contributed by atoms with Crippen LogP contribution in [0.2, 0.25) is 5.02 Å². The van der Waals surface area contributed by atoms with Crippen molar-refractivity contribution in [3.63, 3.8) is 0 Å². The predicted molar refractivity (Wildman–Crippen MR) is 118 cm³/mol. The zero-order valence-electron chi connectivity index (χ0n) is 19.8. The molecule has 1 aromatic rings. The van der Waals surface area contributed by atoms with E-state index in [4.69, 9.17) is 31.2 Å². The Hall–Kier alpha value is -0.980. The van der Waals surface area contributed by atoms with Gasteiger partial charge in [-0.15, -0.1) is 0 Å². The first-order valence-electron chi connectivity index (χ1n) is 10.6. The van der Waals surface area contributed by atoms with Gasteiger partial charge in [0, 0.05) is 17.0 Å². The van der Waals surface area contributed by atoms with Crippen LogP contribution in [-0.2, 0) is 19.6 Å². The molecule has 0 N–H and O–H groups in total. The third-order valence-electron chi connectivity index (χ3n) is 4.99. The van der Waals surface area contributed by atoms with Crippen LogP contribution in [0.25, 0.3) is 0 Å². The highest BCUT2D eigenvalue weighted by atomic mass is 35.5. The summed E-state index contributed by atoms with van der Waals surface area (Å²) in [6, 6.07) is 6.90. The molecule has 0 aromatic heterocycles. The van der Waals surface area contributed by atoms with E-state index in [1.165, 1.54) is 0 Å². The monoisotopic (exact) mass is 440 g/mol. The normalized spacial score (nSPS) is 23.9. The highest BCUT2D eigenvalue weighted by Gasteiger charge is 2.60. The molecule has 2 atom stereocenters. The van der Waals surface area contributed by atoms with Gasteiger partial charge in [0.25, 0.3) is 0 Å². The summed E-state index contributed by atoms with van der Waals surface area (Å²) in [5.41, 5.74) is -1.04. The minimum absolute atomic E-state index is 0.0846. The fourth-order valence-corrected chi connectivity index (χ4v) is 4.32. The van der Waals surface area contributed by atoms with E-state index in [1.54, 1.807) is 24.3 Å². The minimum Gasteiger partial charge on any atom is -0.294 e. The highest BCUT2D eigenvalue weighted by molar-refractivity contribution is 6.30. The van der Waals surface area contributed by atoms with Crippen LogP contribution in [0.1, 0.15) is 85.5 Å². The Labute approximate surface area is 186 Å². The molecule has 6 heteroatoms. The quantitative estimate of drug-likeness (QED) is 0.211. The lowest BCUT2D eigenvalue weighted by Crippen LogP contribution is -2.59. The molecule has 1 fully saturated rings. The van der Waals surface area contributed by atoms with E-state index in [9.17, 15) is 4.79 Å². The summed E-state index contributed by atoms with van der Waals surface area (Å²) in [5, 5.41) is 0.578. The number of carbonyl (C=O) groups excluding carboxylic acids is 1. The first-order chi connectivity index (χ1) is 13.5. The lowest BCUT2D eigenvalue weighted by molar-refractivity contribution is -0.558. The number of hydrogen-bond acceptors (Lipinski definition) is 5. The number of rotatable bonds is 6.